The van der Waals surface area contributed by atoms with Crippen LogP contribution < -0.4 is 5.32 Å². The van der Waals surface area contributed by atoms with Crippen LogP contribution in [0.2, 0.25) is 0 Å². The van der Waals surface area contributed by atoms with Gasteiger partial charge in [-0.3, -0.25) is 0 Å². The van der Waals surface area contributed by atoms with Gasteiger partial charge in [0.1, 0.15) is 10.0 Å². The summed E-state index contributed by atoms with van der Waals surface area (Å²) in [5, 5.41) is 13.2. The highest BCUT2D eigenvalue weighted by atomic mass is 32.1. The van der Waals surface area contributed by atoms with E-state index in [2.05, 4.69) is 40.0 Å². The number of nitrogens with zero attached hydrogens (tertiary/aromatic N) is 4. The fourth-order valence-electron chi connectivity index (χ4n) is 3.13. The molecule has 130 valence electrons. The number of rotatable bonds is 4. The third-order valence-corrected chi connectivity index (χ3v) is 5.68. The zero-order valence-electron chi connectivity index (χ0n) is 14.5. The Balaban J connectivity index is 1.64. The van der Waals surface area contributed by atoms with Crippen LogP contribution in [0.15, 0.2) is 18.3 Å². The Morgan fingerprint density at radius 3 is 2.92 bits per heavy atom. The minimum atomic E-state index is -0.0119. The zero-order valence-corrected chi connectivity index (χ0v) is 15.3. The Labute approximate surface area is 146 Å². The highest BCUT2D eigenvalue weighted by Gasteiger charge is 2.29. The maximum absolute atomic E-state index is 12.7. The van der Waals surface area contributed by atoms with Crippen LogP contribution >= 0.6 is 11.3 Å². The highest BCUT2D eigenvalue weighted by molar-refractivity contribution is 7.11. The molecule has 1 aliphatic heterocycles. The molecular weight excluding hydrogens is 322 g/mol. The van der Waals surface area contributed by atoms with Gasteiger partial charge in [0.2, 0.25) is 0 Å². The first-order valence-corrected chi connectivity index (χ1v) is 9.36. The van der Waals surface area contributed by atoms with E-state index in [1.54, 1.807) is 11.3 Å². The molecule has 0 aromatic carbocycles. The molecule has 2 aromatic rings. The highest BCUT2D eigenvalue weighted by Crippen LogP contribution is 2.31. The molecule has 1 N–H and O–H groups in total. The van der Waals surface area contributed by atoms with Gasteiger partial charge >= 0.3 is 6.03 Å². The standard InChI is InChI=1S/C17H25N5OS/c1-12(2)16-20-19-15(24-16)11-18-17(23)22-10-5-4-7-14(22)13-8-6-9-21(13)3/h6,8-9,12,14H,4-5,7,10-11H2,1-3H3,(H,18,23)/t14-/m1/s1. The van der Waals surface area contributed by atoms with Crippen molar-refractivity contribution < 1.29 is 4.79 Å². The summed E-state index contributed by atoms with van der Waals surface area (Å²) >= 11 is 1.57. The molecule has 3 rings (SSSR count). The summed E-state index contributed by atoms with van der Waals surface area (Å²) in [4.78, 5) is 14.7. The number of amides is 2. The molecule has 0 radical (unpaired) electrons. The Hall–Kier alpha value is -1.89. The van der Waals surface area contributed by atoms with Gasteiger partial charge in [0.15, 0.2) is 0 Å². The van der Waals surface area contributed by atoms with E-state index >= 15 is 0 Å². The molecule has 1 aliphatic rings. The van der Waals surface area contributed by atoms with Crippen LogP contribution in [0.3, 0.4) is 0 Å². The molecule has 2 amide bonds. The fraction of sp³-hybridized carbons (Fsp3) is 0.588. The molecule has 3 heterocycles. The lowest BCUT2D eigenvalue weighted by Crippen LogP contribution is -2.44. The molecule has 0 unspecified atom stereocenters. The van der Waals surface area contributed by atoms with E-state index in [1.807, 2.05) is 24.2 Å². The van der Waals surface area contributed by atoms with E-state index < -0.39 is 0 Å². The quantitative estimate of drug-likeness (QED) is 0.921. The van der Waals surface area contributed by atoms with Gasteiger partial charge in [-0.05, 0) is 31.4 Å². The van der Waals surface area contributed by atoms with Crippen LogP contribution in [-0.4, -0.2) is 32.2 Å². The first-order valence-electron chi connectivity index (χ1n) is 8.54. The van der Waals surface area contributed by atoms with Gasteiger partial charge in [0.05, 0.1) is 12.6 Å². The maximum Gasteiger partial charge on any atom is 0.318 e. The van der Waals surface area contributed by atoms with Crippen molar-refractivity contribution in [1.29, 1.82) is 0 Å². The van der Waals surface area contributed by atoms with Crippen LogP contribution in [0.5, 0.6) is 0 Å². The smallest absolute Gasteiger partial charge is 0.318 e. The number of piperidine rings is 1. The zero-order chi connectivity index (χ0) is 17.1. The molecule has 1 fully saturated rings. The second-order valence-corrected chi connectivity index (χ2v) is 7.69. The molecule has 0 saturated carbocycles. The van der Waals surface area contributed by atoms with Crippen molar-refractivity contribution in [3.8, 4) is 0 Å². The molecule has 0 aliphatic carbocycles. The first-order chi connectivity index (χ1) is 11.6. The molecule has 24 heavy (non-hydrogen) atoms. The average molecular weight is 347 g/mol. The molecule has 1 atom stereocenters. The topological polar surface area (TPSA) is 63.1 Å². The van der Waals surface area contributed by atoms with Crippen molar-refractivity contribution in [3.63, 3.8) is 0 Å². The Morgan fingerprint density at radius 2 is 2.25 bits per heavy atom. The van der Waals surface area contributed by atoms with Gasteiger partial charge < -0.3 is 14.8 Å². The fourth-order valence-corrected chi connectivity index (χ4v) is 3.91. The van der Waals surface area contributed by atoms with Crippen LogP contribution in [0.25, 0.3) is 0 Å². The number of nitrogens with one attached hydrogen (secondary N) is 1. The number of hydrogen-bond acceptors (Lipinski definition) is 4. The Morgan fingerprint density at radius 1 is 1.42 bits per heavy atom. The van der Waals surface area contributed by atoms with E-state index in [0.29, 0.717) is 12.5 Å². The van der Waals surface area contributed by atoms with Gasteiger partial charge in [-0.15, -0.1) is 10.2 Å². The number of aromatic nitrogens is 3. The van der Waals surface area contributed by atoms with Crippen molar-refractivity contribution in [3.05, 3.63) is 34.0 Å². The number of carbonyl (C=O) groups is 1. The third kappa shape index (κ3) is 3.61. The van der Waals surface area contributed by atoms with E-state index in [1.165, 1.54) is 5.69 Å². The van der Waals surface area contributed by atoms with Crippen molar-refractivity contribution in [2.24, 2.45) is 7.05 Å². The molecule has 0 spiro atoms. The SMILES string of the molecule is CC(C)c1nnc(CNC(=O)N2CCCC[C@@H]2c2cccn2C)s1. The van der Waals surface area contributed by atoms with E-state index in [9.17, 15) is 4.79 Å². The minimum Gasteiger partial charge on any atom is -0.353 e. The molecule has 7 heteroatoms. The van der Waals surface area contributed by atoms with Crippen LogP contribution in [-0.2, 0) is 13.6 Å². The molecule has 2 aromatic heterocycles. The largest absolute Gasteiger partial charge is 0.353 e. The third-order valence-electron chi connectivity index (χ3n) is 4.46. The predicted octanol–water partition coefficient (Wildman–Crippen LogP) is 3.44. The normalized spacial score (nSPS) is 18.2. The lowest BCUT2D eigenvalue weighted by atomic mass is 10.00. The first kappa shape index (κ1) is 17.0. The van der Waals surface area contributed by atoms with Crippen molar-refractivity contribution >= 4 is 17.4 Å². The second kappa shape index (κ2) is 7.34. The summed E-state index contributed by atoms with van der Waals surface area (Å²) in [7, 11) is 2.04. The van der Waals surface area contributed by atoms with E-state index in [4.69, 9.17) is 0 Å². The summed E-state index contributed by atoms with van der Waals surface area (Å²) in [6, 6.07) is 4.28. The van der Waals surface area contributed by atoms with Gasteiger partial charge in [-0.1, -0.05) is 25.2 Å². The Bertz CT molecular complexity index is 693. The lowest BCUT2D eigenvalue weighted by molar-refractivity contribution is 0.148. The van der Waals surface area contributed by atoms with Gasteiger partial charge in [0.25, 0.3) is 0 Å². The van der Waals surface area contributed by atoms with Gasteiger partial charge in [-0.2, -0.15) is 0 Å². The molecule has 1 saturated heterocycles. The summed E-state index contributed by atoms with van der Waals surface area (Å²) in [6.45, 7) is 5.44. The van der Waals surface area contributed by atoms with Crippen molar-refractivity contribution in [2.45, 2.75) is 51.6 Å². The van der Waals surface area contributed by atoms with Gasteiger partial charge in [0, 0.05) is 31.4 Å². The van der Waals surface area contributed by atoms with Gasteiger partial charge in [-0.25, -0.2) is 4.79 Å². The van der Waals surface area contributed by atoms with E-state index in [-0.39, 0.29) is 12.1 Å². The van der Waals surface area contributed by atoms with Crippen molar-refractivity contribution in [2.75, 3.05) is 6.54 Å². The lowest BCUT2D eigenvalue weighted by Gasteiger charge is -2.36. The average Bonchev–Trinajstić information content (AvgIpc) is 3.21. The minimum absolute atomic E-state index is 0.0119. The molecule has 6 nitrogen and oxygen atoms in total. The number of hydrogen-bond donors (Lipinski definition) is 1. The number of aryl methyl sites for hydroxylation is 1. The summed E-state index contributed by atoms with van der Waals surface area (Å²) in [5.41, 5.74) is 1.20. The number of carbonyl (C=O) groups excluding carboxylic acids is 1. The summed E-state index contributed by atoms with van der Waals surface area (Å²) in [5.74, 6) is 0.371. The number of likely N-dealkylation sites (tertiary alicyclic amines) is 1. The summed E-state index contributed by atoms with van der Waals surface area (Å²) < 4.78 is 2.11. The molecular formula is C17H25N5OS. The molecule has 0 bridgehead atoms. The van der Waals surface area contributed by atoms with Crippen LogP contribution in [0, 0.1) is 0 Å². The van der Waals surface area contributed by atoms with E-state index in [0.717, 1.165) is 35.8 Å². The second-order valence-electron chi connectivity index (χ2n) is 6.60. The summed E-state index contributed by atoms with van der Waals surface area (Å²) in [6.07, 6.45) is 5.27. The number of urea groups is 1. The monoisotopic (exact) mass is 347 g/mol. The predicted molar refractivity (Wildman–Crippen MR) is 94.9 cm³/mol. The maximum atomic E-state index is 12.7. The van der Waals surface area contributed by atoms with Crippen molar-refractivity contribution in [1.82, 2.24) is 25.0 Å². The van der Waals surface area contributed by atoms with Crippen LogP contribution in [0.1, 0.15) is 60.8 Å². The van der Waals surface area contributed by atoms with Crippen LogP contribution in [0.4, 0.5) is 4.79 Å². The Kier molecular flexibility index (Phi) is 5.18.